The average Bonchev–Trinajstić information content (AvgIpc) is 2.19. The lowest BCUT2D eigenvalue weighted by Crippen LogP contribution is -2.13. The fourth-order valence-electron chi connectivity index (χ4n) is 1.13. The smallest absolute Gasteiger partial charge is 0.342 e. The summed E-state index contributed by atoms with van der Waals surface area (Å²) in [6.45, 7) is 0. The van der Waals surface area contributed by atoms with Crippen molar-refractivity contribution in [2.24, 2.45) is 0 Å². The second-order valence-electron chi connectivity index (χ2n) is 3.00. The summed E-state index contributed by atoms with van der Waals surface area (Å²) < 4.78 is 40.9. The van der Waals surface area contributed by atoms with E-state index in [4.69, 9.17) is 0 Å². The molecular formula is C9H8FIO4S. The molecule has 1 aromatic carbocycles. The van der Waals surface area contributed by atoms with Crippen LogP contribution in [0.4, 0.5) is 4.39 Å². The quantitative estimate of drug-likeness (QED) is 0.596. The predicted octanol–water partition coefficient (Wildman–Crippen LogP) is 1.62. The van der Waals surface area contributed by atoms with Gasteiger partial charge in [0.25, 0.3) is 0 Å². The van der Waals surface area contributed by atoms with Crippen molar-refractivity contribution in [1.82, 2.24) is 0 Å². The van der Waals surface area contributed by atoms with E-state index in [-0.39, 0.29) is 8.47 Å². The lowest BCUT2D eigenvalue weighted by molar-refractivity contribution is 0.0590. The standard InChI is InChI=1S/C9H8FIO4S/c1-15-9(12)7-6(16(2,13)14)4-3-5(11)8(7)10/h3-4H,1-2H3. The first kappa shape index (κ1) is 13.4. The number of sulfone groups is 1. The first-order chi connectivity index (χ1) is 7.29. The third kappa shape index (κ3) is 2.51. The van der Waals surface area contributed by atoms with E-state index < -0.39 is 27.2 Å². The Bertz CT molecular complexity index is 539. The number of ether oxygens (including phenoxy) is 1. The van der Waals surface area contributed by atoms with Gasteiger partial charge in [0.1, 0.15) is 5.56 Å². The summed E-state index contributed by atoms with van der Waals surface area (Å²) in [6.07, 6.45) is 0.904. The number of rotatable bonds is 2. The maximum Gasteiger partial charge on any atom is 0.342 e. The molecule has 0 unspecified atom stereocenters. The Morgan fingerprint density at radius 2 is 2.00 bits per heavy atom. The second kappa shape index (κ2) is 4.66. The second-order valence-corrected chi connectivity index (χ2v) is 6.14. The monoisotopic (exact) mass is 358 g/mol. The number of carbonyl (C=O) groups is 1. The molecule has 0 spiro atoms. The van der Waals surface area contributed by atoms with Gasteiger partial charge in [-0.2, -0.15) is 0 Å². The lowest BCUT2D eigenvalue weighted by Gasteiger charge is -2.08. The van der Waals surface area contributed by atoms with Crippen LogP contribution < -0.4 is 0 Å². The Morgan fingerprint density at radius 1 is 1.44 bits per heavy atom. The van der Waals surface area contributed by atoms with E-state index in [2.05, 4.69) is 4.74 Å². The van der Waals surface area contributed by atoms with Crippen molar-refractivity contribution >= 4 is 38.4 Å². The number of hydrogen-bond acceptors (Lipinski definition) is 4. The van der Waals surface area contributed by atoms with E-state index in [0.29, 0.717) is 0 Å². The molecule has 1 aromatic rings. The highest BCUT2D eigenvalue weighted by atomic mass is 127. The van der Waals surface area contributed by atoms with Crippen molar-refractivity contribution in [3.8, 4) is 0 Å². The van der Waals surface area contributed by atoms with Gasteiger partial charge in [-0.3, -0.25) is 0 Å². The van der Waals surface area contributed by atoms with Gasteiger partial charge in [-0.1, -0.05) is 0 Å². The molecule has 0 aliphatic carbocycles. The maximum atomic E-state index is 13.7. The van der Waals surface area contributed by atoms with Crippen LogP contribution in [0, 0.1) is 9.39 Å². The highest BCUT2D eigenvalue weighted by Crippen LogP contribution is 2.23. The van der Waals surface area contributed by atoms with E-state index in [1.807, 2.05) is 0 Å². The van der Waals surface area contributed by atoms with Crippen molar-refractivity contribution in [2.75, 3.05) is 13.4 Å². The van der Waals surface area contributed by atoms with Crippen molar-refractivity contribution < 1.29 is 22.3 Å². The fraction of sp³-hybridized carbons (Fsp3) is 0.222. The largest absolute Gasteiger partial charge is 0.465 e. The van der Waals surface area contributed by atoms with Crippen LogP contribution in [0.15, 0.2) is 17.0 Å². The van der Waals surface area contributed by atoms with Crippen LogP contribution in [0.2, 0.25) is 0 Å². The number of halogens is 2. The molecule has 0 aliphatic heterocycles. The highest BCUT2D eigenvalue weighted by Gasteiger charge is 2.25. The van der Waals surface area contributed by atoms with Gasteiger partial charge in [-0.25, -0.2) is 17.6 Å². The molecule has 0 N–H and O–H groups in total. The van der Waals surface area contributed by atoms with Crippen LogP contribution in [0.5, 0.6) is 0 Å². The van der Waals surface area contributed by atoms with Gasteiger partial charge < -0.3 is 4.74 Å². The van der Waals surface area contributed by atoms with Gasteiger partial charge in [0.15, 0.2) is 15.7 Å². The minimum atomic E-state index is -3.67. The molecule has 0 saturated heterocycles. The minimum absolute atomic E-state index is 0.158. The Labute approximate surface area is 106 Å². The molecule has 0 heterocycles. The number of methoxy groups -OCH3 is 1. The van der Waals surface area contributed by atoms with Crippen molar-refractivity contribution in [3.05, 3.63) is 27.1 Å². The van der Waals surface area contributed by atoms with E-state index in [1.54, 1.807) is 22.6 Å². The Hall–Kier alpha value is -0.700. The number of carbonyl (C=O) groups excluding carboxylic acids is 1. The summed E-state index contributed by atoms with van der Waals surface area (Å²) >= 11 is 1.67. The lowest BCUT2D eigenvalue weighted by atomic mass is 10.2. The van der Waals surface area contributed by atoms with Gasteiger partial charge in [0, 0.05) is 9.83 Å². The number of esters is 1. The maximum absolute atomic E-state index is 13.7. The van der Waals surface area contributed by atoms with Gasteiger partial charge in [0.2, 0.25) is 0 Å². The number of hydrogen-bond donors (Lipinski definition) is 0. The zero-order valence-corrected chi connectivity index (χ0v) is 11.4. The topological polar surface area (TPSA) is 60.4 Å². The first-order valence-electron chi connectivity index (χ1n) is 4.05. The van der Waals surface area contributed by atoms with Gasteiger partial charge in [-0.05, 0) is 34.7 Å². The third-order valence-electron chi connectivity index (χ3n) is 1.85. The summed E-state index contributed by atoms with van der Waals surface area (Å²) in [6, 6.07) is 2.48. The summed E-state index contributed by atoms with van der Waals surface area (Å²) in [5, 5.41) is 0. The molecule has 1 rings (SSSR count). The summed E-state index contributed by atoms with van der Waals surface area (Å²) in [5.41, 5.74) is -0.545. The van der Waals surface area contributed by atoms with E-state index in [0.717, 1.165) is 13.4 Å². The van der Waals surface area contributed by atoms with Crippen LogP contribution in [0.25, 0.3) is 0 Å². The molecule has 88 valence electrons. The molecule has 0 amide bonds. The molecule has 0 atom stereocenters. The molecule has 7 heteroatoms. The van der Waals surface area contributed by atoms with Gasteiger partial charge in [0.05, 0.1) is 12.0 Å². The summed E-state index contributed by atoms with van der Waals surface area (Å²) in [7, 11) is -2.61. The first-order valence-corrected chi connectivity index (χ1v) is 7.02. The predicted molar refractivity (Wildman–Crippen MR) is 63.6 cm³/mol. The molecule has 16 heavy (non-hydrogen) atoms. The Morgan fingerprint density at radius 3 is 2.44 bits per heavy atom. The fourth-order valence-corrected chi connectivity index (χ4v) is 2.44. The Kier molecular flexibility index (Phi) is 3.89. The zero-order valence-electron chi connectivity index (χ0n) is 8.45. The third-order valence-corrected chi connectivity index (χ3v) is 3.82. The minimum Gasteiger partial charge on any atom is -0.465 e. The number of benzene rings is 1. The van der Waals surface area contributed by atoms with Crippen molar-refractivity contribution in [3.63, 3.8) is 0 Å². The highest BCUT2D eigenvalue weighted by molar-refractivity contribution is 14.1. The van der Waals surface area contributed by atoms with Gasteiger partial charge >= 0.3 is 5.97 Å². The summed E-state index contributed by atoms with van der Waals surface area (Å²) in [4.78, 5) is 11.0. The molecular weight excluding hydrogens is 350 g/mol. The Balaban J connectivity index is 3.65. The van der Waals surface area contributed by atoms with Crippen molar-refractivity contribution in [1.29, 1.82) is 0 Å². The molecule has 0 radical (unpaired) electrons. The molecule has 4 nitrogen and oxygen atoms in total. The molecule has 0 aliphatic rings. The summed E-state index contributed by atoms with van der Waals surface area (Å²) in [5.74, 6) is -1.88. The van der Waals surface area contributed by atoms with Crippen LogP contribution in [-0.2, 0) is 14.6 Å². The van der Waals surface area contributed by atoms with Crippen LogP contribution in [-0.4, -0.2) is 27.8 Å². The van der Waals surface area contributed by atoms with E-state index in [9.17, 15) is 17.6 Å². The van der Waals surface area contributed by atoms with Crippen LogP contribution >= 0.6 is 22.6 Å². The SMILES string of the molecule is COC(=O)c1c(S(C)(=O)=O)ccc(I)c1F. The van der Waals surface area contributed by atoms with E-state index >= 15 is 0 Å². The molecule has 0 aromatic heterocycles. The van der Waals surface area contributed by atoms with E-state index in [1.165, 1.54) is 12.1 Å². The van der Waals surface area contributed by atoms with Crippen molar-refractivity contribution in [2.45, 2.75) is 4.90 Å². The normalized spacial score (nSPS) is 11.2. The van der Waals surface area contributed by atoms with Gasteiger partial charge in [-0.15, -0.1) is 0 Å². The molecule has 0 fully saturated rings. The average molecular weight is 358 g/mol. The molecule has 0 saturated carbocycles. The molecule has 0 bridgehead atoms. The van der Waals surface area contributed by atoms with Crippen LogP contribution in [0.1, 0.15) is 10.4 Å². The van der Waals surface area contributed by atoms with Crippen LogP contribution in [0.3, 0.4) is 0 Å². The zero-order chi connectivity index (χ0) is 12.5.